The van der Waals surface area contributed by atoms with Crippen LogP contribution in [0.5, 0.6) is 0 Å². The summed E-state index contributed by atoms with van der Waals surface area (Å²) in [7, 11) is 0. The number of aryl methyl sites for hydroxylation is 1. The molecule has 1 atom stereocenters. The lowest BCUT2D eigenvalue weighted by Crippen LogP contribution is -2.09. The van der Waals surface area contributed by atoms with E-state index in [1.54, 1.807) is 23.5 Å². The number of nitrogens with one attached hydrogen (secondary N) is 1. The van der Waals surface area contributed by atoms with Gasteiger partial charge in [0.1, 0.15) is 5.82 Å². The van der Waals surface area contributed by atoms with Crippen molar-refractivity contribution in [1.29, 1.82) is 0 Å². The van der Waals surface area contributed by atoms with E-state index in [-0.39, 0.29) is 11.9 Å². The van der Waals surface area contributed by atoms with Crippen LogP contribution in [0, 0.1) is 12.7 Å². The van der Waals surface area contributed by atoms with Gasteiger partial charge in [0.15, 0.2) is 0 Å². The van der Waals surface area contributed by atoms with E-state index >= 15 is 0 Å². The van der Waals surface area contributed by atoms with Crippen molar-refractivity contribution in [1.82, 2.24) is 0 Å². The molecule has 0 bridgehead atoms. The van der Waals surface area contributed by atoms with Crippen LogP contribution in [0.2, 0.25) is 0 Å². The molecular formula is C14H16FNS. The SMILES string of the molecule is CCC(Nc1ccc(C)cc1F)c1cccs1. The lowest BCUT2D eigenvalue weighted by Gasteiger charge is -2.17. The summed E-state index contributed by atoms with van der Waals surface area (Å²) in [5.74, 6) is -0.181. The van der Waals surface area contributed by atoms with Crippen LogP contribution in [0.1, 0.15) is 29.8 Å². The summed E-state index contributed by atoms with van der Waals surface area (Å²) in [6.45, 7) is 3.99. The number of halogens is 1. The Hall–Kier alpha value is -1.35. The molecule has 1 heterocycles. The van der Waals surface area contributed by atoms with Gasteiger partial charge in [-0.15, -0.1) is 11.3 Å². The second-order valence-electron chi connectivity index (χ2n) is 4.10. The number of hydrogen-bond donors (Lipinski definition) is 1. The molecule has 1 unspecified atom stereocenters. The van der Waals surface area contributed by atoms with Gasteiger partial charge in [-0.25, -0.2) is 4.39 Å². The van der Waals surface area contributed by atoms with Crippen LogP contribution in [0.15, 0.2) is 35.7 Å². The van der Waals surface area contributed by atoms with Crippen molar-refractivity contribution in [2.75, 3.05) is 5.32 Å². The highest BCUT2D eigenvalue weighted by molar-refractivity contribution is 7.10. The average molecular weight is 249 g/mol. The smallest absolute Gasteiger partial charge is 0.146 e. The van der Waals surface area contributed by atoms with Crippen molar-refractivity contribution in [2.24, 2.45) is 0 Å². The zero-order chi connectivity index (χ0) is 12.3. The number of hydrogen-bond acceptors (Lipinski definition) is 2. The highest BCUT2D eigenvalue weighted by Gasteiger charge is 2.12. The van der Waals surface area contributed by atoms with Crippen LogP contribution in [0.25, 0.3) is 0 Å². The van der Waals surface area contributed by atoms with Gasteiger partial charge in [0.25, 0.3) is 0 Å². The van der Waals surface area contributed by atoms with Crippen LogP contribution in [0.3, 0.4) is 0 Å². The fourth-order valence-electron chi connectivity index (χ4n) is 1.79. The third-order valence-corrected chi connectivity index (χ3v) is 3.74. The third kappa shape index (κ3) is 2.86. The molecule has 0 fully saturated rings. The van der Waals surface area contributed by atoms with Gasteiger partial charge < -0.3 is 5.32 Å². The van der Waals surface area contributed by atoms with Crippen LogP contribution >= 0.6 is 11.3 Å². The molecule has 0 saturated carbocycles. The number of anilines is 1. The van der Waals surface area contributed by atoms with E-state index in [0.717, 1.165) is 12.0 Å². The average Bonchev–Trinajstić information content (AvgIpc) is 2.81. The van der Waals surface area contributed by atoms with Crippen LogP contribution in [0.4, 0.5) is 10.1 Å². The van der Waals surface area contributed by atoms with Gasteiger partial charge in [-0.3, -0.25) is 0 Å². The standard InChI is InChI=1S/C14H16FNS/c1-3-12(14-5-4-8-17-14)16-13-7-6-10(2)9-11(13)15/h4-9,12,16H,3H2,1-2H3. The molecule has 0 amide bonds. The summed E-state index contributed by atoms with van der Waals surface area (Å²) in [4.78, 5) is 1.24. The maximum atomic E-state index is 13.7. The molecule has 1 aromatic heterocycles. The molecular weight excluding hydrogens is 233 g/mol. The van der Waals surface area contributed by atoms with E-state index in [2.05, 4.69) is 18.3 Å². The van der Waals surface area contributed by atoms with Gasteiger partial charge in [0, 0.05) is 4.88 Å². The molecule has 0 aliphatic heterocycles. The summed E-state index contributed by atoms with van der Waals surface area (Å²) in [5, 5.41) is 5.31. The van der Waals surface area contributed by atoms with Gasteiger partial charge in [-0.2, -0.15) is 0 Å². The van der Waals surface area contributed by atoms with Crippen molar-refractivity contribution in [3.8, 4) is 0 Å². The summed E-state index contributed by atoms with van der Waals surface area (Å²) in [5.41, 5.74) is 1.52. The van der Waals surface area contributed by atoms with E-state index in [1.807, 2.05) is 24.4 Å². The minimum absolute atomic E-state index is 0.181. The van der Waals surface area contributed by atoms with Crippen molar-refractivity contribution < 1.29 is 4.39 Å². The molecule has 90 valence electrons. The molecule has 0 aliphatic rings. The highest BCUT2D eigenvalue weighted by atomic mass is 32.1. The minimum atomic E-state index is -0.181. The van der Waals surface area contributed by atoms with Gasteiger partial charge in [0.05, 0.1) is 11.7 Å². The second kappa shape index (κ2) is 5.32. The molecule has 1 aromatic carbocycles. The van der Waals surface area contributed by atoms with Crippen molar-refractivity contribution in [2.45, 2.75) is 26.3 Å². The first-order valence-electron chi connectivity index (χ1n) is 5.76. The Kier molecular flexibility index (Phi) is 3.79. The van der Waals surface area contributed by atoms with E-state index in [1.165, 1.54) is 4.88 Å². The lowest BCUT2D eigenvalue weighted by atomic mass is 10.1. The Morgan fingerprint density at radius 1 is 1.35 bits per heavy atom. The lowest BCUT2D eigenvalue weighted by molar-refractivity contribution is 0.623. The summed E-state index contributed by atoms with van der Waals surface area (Å²) < 4.78 is 13.7. The molecule has 2 rings (SSSR count). The van der Waals surface area contributed by atoms with Crippen molar-refractivity contribution in [3.05, 3.63) is 52.0 Å². The van der Waals surface area contributed by atoms with E-state index in [0.29, 0.717) is 5.69 Å². The molecule has 0 radical (unpaired) electrons. The predicted molar refractivity (Wildman–Crippen MR) is 72.1 cm³/mol. The molecule has 0 spiro atoms. The monoisotopic (exact) mass is 249 g/mol. The Morgan fingerprint density at radius 3 is 2.76 bits per heavy atom. The first kappa shape index (κ1) is 12.1. The fourth-order valence-corrected chi connectivity index (χ4v) is 2.65. The molecule has 3 heteroatoms. The van der Waals surface area contributed by atoms with Crippen molar-refractivity contribution >= 4 is 17.0 Å². The molecule has 0 saturated heterocycles. The maximum Gasteiger partial charge on any atom is 0.146 e. The van der Waals surface area contributed by atoms with Gasteiger partial charge in [0.2, 0.25) is 0 Å². The zero-order valence-electron chi connectivity index (χ0n) is 10.0. The zero-order valence-corrected chi connectivity index (χ0v) is 10.9. The van der Waals surface area contributed by atoms with Crippen LogP contribution in [-0.4, -0.2) is 0 Å². The molecule has 2 aromatic rings. The normalized spacial score (nSPS) is 12.4. The number of thiophene rings is 1. The Labute approximate surface area is 105 Å². The second-order valence-corrected chi connectivity index (χ2v) is 5.08. The first-order chi connectivity index (χ1) is 8.20. The summed E-state index contributed by atoms with van der Waals surface area (Å²) >= 11 is 1.70. The molecule has 17 heavy (non-hydrogen) atoms. The van der Waals surface area contributed by atoms with E-state index < -0.39 is 0 Å². The van der Waals surface area contributed by atoms with Gasteiger partial charge in [-0.05, 0) is 42.5 Å². The quantitative estimate of drug-likeness (QED) is 0.823. The Bertz CT molecular complexity index is 479. The van der Waals surface area contributed by atoms with Crippen molar-refractivity contribution in [3.63, 3.8) is 0 Å². The molecule has 0 aliphatic carbocycles. The summed E-state index contributed by atoms with van der Waals surface area (Å²) in [6.07, 6.45) is 0.938. The van der Waals surface area contributed by atoms with E-state index in [4.69, 9.17) is 0 Å². The van der Waals surface area contributed by atoms with E-state index in [9.17, 15) is 4.39 Å². The highest BCUT2D eigenvalue weighted by Crippen LogP contribution is 2.27. The number of benzene rings is 1. The minimum Gasteiger partial charge on any atom is -0.375 e. The van der Waals surface area contributed by atoms with Gasteiger partial charge >= 0.3 is 0 Å². The maximum absolute atomic E-state index is 13.7. The Morgan fingerprint density at radius 2 is 2.18 bits per heavy atom. The summed E-state index contributed by atoms with van der Waals surface area (Å²) in [6, 6.07) is 9.58. The van der Waals surface area contributed by atoms with Gasteiger partial charge in [-0.1, -0.05) is 19.1 Å². The molecule has 1 nitrogen and oxygen atoms in total. The largest absolute Gasteiger partial charge is 0.375 e. The van der Waals surface area contributed by atoms with Crippen LogP contribution < -0.4 is 5.32 Å². The molecule has 1 N–H and O–H groups in total. The van der Waals surface area contributed by atoms with Crippen LogP contribution in [-0.2, 0) is 0 Å². The third-order valence-electron chi connectivity index (χ3n) is 2.75. The fraction of sp³-hybridized carbons (Fsp3) is 0.286. The first-order valence-corrected chi connectivity index (χ1v) is 6.64. The predicted octanol–water partition coefficient (Wildman–Crippen LogP) is 4.76. The number of rotatable bonds is 4. The Balaban J connectivity index is 2.19. The topological polar surface area (TPSA) is 12.0 Å².